The first-order valence-corrected chi connectivity index (χ1v) is 16.1. The third kappa shape index (κ3) is 5.66. The Kier molecular flexibility index (Phi) is 7.90. The Morgan fingerprint density at radius 1 is 1.03 bits per heavy atom. The maximum absolute atomic E-state index is 14.3. The van der Waals surface area contributed by atoms with Crippen LogP contribution in [0.15, 0.2) is 60.8 Å². The van der Waals surface area contributed by atoms with Gasteiger partial charge in [0.05, 0.1) is 12.8 Å². The lowest BCUT2D eigenvalue weighted by Crippen LogP contribution is -2.15. The van der Waals surface area contributed by atoms with Crippen molar-refractivity contribution in [3.05, 3.63) is 69.9 Å². The van der Waals surface area contributed by atoms with E-state index in [-0.39, 0.29) is 32.6 Å². The predicted molar refractivity (Wildman–Crippen MR) is 153 cm³/mol. The third-order valence-electron chi connectivity index (χ3n) is 7.12. The largest absolute Gasteiger partial charge is 0.480 e. The molecule has 1 saturated carbocycles. The van der Waals surface area contributed by atoms with Crippen LogP contribution in [0.3, 0.4) is 0 Å². The molecule has 2 aliphatic rings. The van der Waals surface area contributed by atoms with Crippen molar-refractivity contribution in [2.75, 3.05) is 11.8 Å². The number of allylic oxidation sites excluding steroid dienone is 1. The Balaban J connectivity index is 1.49. The number of benzene rings is 2. The normalized spacial score (nSPS) is 19.5. The highest BCUT2D eigenvalue weighted by Crippen LogP contribution is 2.45. The molecule has 0 amide bonds. The van der Waals surface area contributed by atoms with Crippen LogP contribution in [0.4, 0.5) is 20.2 Å². The summed E-state index contributed by atoms with van der Waals surface area (Å²) >= 11 is -0.379. The maximum atomic E-state index is 14.3. The first kappa shape index (κ1) is 26.9. The van der Waals surface area contributed by atoms with Crippen LogP contribution in [0.25, 0.3) is 16.7 Å². The summed E-state index contributed by atoms with van der Waals surface area (Å²) in [5.41, 5.74) is 5.09. The van der Waals surface area contributed by atoms with Gasteiger partial charge in [-0.15, -0.1) is 0 Å². The van der Waals surface area contributed by atoms with E-state index in [1.807, 2.05) is 12.1 Å². The van der Waals surface area contributed by atoms with Gasteiger partial charge in [0.1, 0.15) is 22.2 Å². The molecule has 1 fully saturated rings. The van der Waals surface area contributed by atoms with Crippen LogP contribution in [-0.2, 0) is 10.0 Å². The van der Waals surface area contributed by atoms with Crippen molar-refractivity contribution < 1.29 is 21.9 Å². The molecule has 6 nitrogen and oxygen atoms in total. The number of ether oxygens (including phenoxy) is 1. The number of aromatic nitrogens is 1. The van der Waals surface area contributed by atoms with Crippen LogP contribution in [0.1, 0.15) is 44.6 Å². The van der Waals surface area contributed by atoms with Crippen molar-refractivity contribution >= 4 is 48.0 Å². The second-order valence-electron chi connectivity index (χ2n) is 9.75. The fourth-order valence-electron chi connectivity index (χ4n) is 5.05. The van der Waals surface area contributed by atoms with Gasteiger partial charge in [-0.1, -0.05) is 32.3 Å². The van der Waals surface area contributed by atoms with Crippen LogP contribution < -0.4 is 9.46 Å². The first-order valence-electron chi connectivity index (χ1n) is 12.5. The Morgan fingerprint density at radius 3 is 2.66 bits per heavy atom. The van der Waals surface area contributed by atoms with Crippen LogP contribution in [0, 0.1) is 23.5 Å². The summed E-state index contributed by atoms with van der Waals surface area (Å²) in [5, 5.41) is 0. The summed E-state index contributed by atoms with van der Waals surface area (Å²) in [6.07, 6.45) is 7.70. The molecule has 3 aromatic rings. The number of anilines is 1. The predicted octanol–water partition coefficient (Wildman–Crippen LogP) is 8.19. The summed E-state index contributed by atoms with van der Waals surface area (Å²) in [6.45, 7) is 2.33. The monoisotopic (exact) mass is 651 g/mol. The highest BCUT2D eigenvalue weighted by atomic mass is 127. The molecular weight excluding hydrogens is 623 g/mol. The number of nitrogens with one attached hydrogen (secondary N) is 1. The van der Waals surface area contributed by atoms with E-state index in [2.05, 4.69) is 26.8 Å². The van der Waals surface area contributed by atoms with Gasteiger partial charge in [0.25, 0.3) is 10.0 Å². The Bertz CT molecular complexity index is 1540. The number of halogens is 3. The SMILES string of the molecule is COc1ncc(-c2ccc3c(c2)C(C2CCCC(C)CC2)=CI=N3)cc1NS(=O)(=O)c1ccc(F)cc1F. The molecule has 0 saturated heterocycles. The third-order valence-corrected chi connectivity index (χ3v) is 10.3. The van der Waals surface area contributed by atoms with Gasteiger partial charge in [-0.3, -0.25) is 4.72 Å². The van der Waals surface area contributed by atoms with Gasteiger partial charge < -0.3 is 4.74 Å². The molecule has 1 N–H and O–H groups in total. The van der Waals surface area contributed by atoms with Crippen molar-refractivity contribution in [2.45, 2.75) is 43.9 Å². The molecule has 5 rings (SSSR count). The van der Waals surface area contributed by atoms with E-state index >= 15 is 0 Å². The smallest absolute Gasteiger partial charge is 0.264 e. The summed E-state index contributed by atoms with van der Waals surface area (Å²) in [6, 6.07) is 9.98. The Labute approximate surface area is 231 Å². The number of rotatable bonds is 6. The molecule has 200 valence electrons. The zero-order chi connectivity index (χ0) is 26.9. The number of hydrogen-bond acceptors (Lipinski definition) is 5. The van der Waals surface area contributed by atoms with Gasteiger partial charge in [-0.2, -0.15) is 0 Å². The maximum Gasteiger partial charge on any atom is 0.264 e. The van der Waals surface area contributed by atoms with Gasteiger partial charge in [0, 0.05) is 44.4 Å². The summed E-state index contributed by atoms with van der Waals surface area (Å²) in [4.78, 5) is 3.63. The molecule has 38 heavy (non-hydrogen) atoms. The van der Waals surface area contributed by atoms with E-state index < -0.39 is 26.6 Å². The number of nitrogens with zero attached hydrogens (tertiary/aromatic N) is 2. The average molecular weight is 652 g/mol. The molecule has 10 heteroatoms. The summed E-state index contributed by atoms with van der Waals surface area (Å²) < 4.78 is 68.2. The van der Waals surface area contributed by atoms with E-state index in [0.717, 1.165) is 34.9 Å². The number of pyridine rings is 1. The van der Waals surface area contributed by atoms with E-state index in [4.69, 9.17) is 7.88 Å². The molecular formula is C28H28F2IN3O3S. The second-order valence-corrected chi connectivity index (χ2v) is 13.1. The average Bonchev–Trinajstić information content (AvgIpc) is 3.11. The molecule has 0 bridgehead atoms. The Hall–Kier alpha value is -2.73. The molecule has 2 atom stereocenters. The Morgan fingerprint density at radius 2 is 1.87 bits per heavy atom. The van der Waals surface area contributed by atoms with Gasteiger partial charge in [-0.25, -0.2) is 25.3 Å². The topological polar surface area (TPSA) is 80.7 Å². The van der Waals surface area contributed by atoms with Gasteiger partial charge in [0.15, 0.2) is 0 Å². The molecule has 1 aromatic heterocycles. The number of sulfonamides is 1. The van der Waals surface area contributed by atoms with Crippen molar-refractivity contribution in [1.29, 1.82) is 0 Å². The van der Waals surface area contributed by atoms with Crippen LogP contribution in [0.5, 0.6) is 5.88 Å². The van der Waals surface area contributed by atoms with Crippen LogP contribution in [-0.4, -0.2) is 20.5 Å². The molecule has 1 aliphatic carbocycles. The van der Waals surface area contributed by atoms with Crippen molar-refractivity contribution in [1.82, 2.24) is 4.98 Å². The number of methoxy groups -OCH3 is 1. The summed E-state index contributed by atoms with van der Waals surface area (Å²) in [7, 11) is -3.00. The first-order chi connectivity index (χ1) is 18.2. The van der Waals surface area contributed by atoms with Crippen molar-refractivity contribution in [3.63, 3.8) is 0 Å². The van der Waals surface area contributed by atoms with E-state index in [0.29, 0.717) is 17.5 Å². The fourth-order valence-corrected chi connectivity index (χ4v) is 8.17. The highest BCUT2D eigenvalue weighted by molar-refractivity contribution is 14.2. The summed E-state index contributed by atoms with van der Waals surface area (Å²) in [5.74, 6) is -0.744. The fraction of sp³-hybridized carbons (Fsp3) is 0.321. The molecule has 0 spiro atoms. The lowest BCUT2D eigenvalue weighted by molar-refractivity contribution is 0.400. The van der Waals surface area contributed by atoms with Crippen molar-refractivity contribution in [2.24, 2.45) is 15.0 Å². The van der Waals surface area contributed by atoms with Crippen LogP contribution >= 0.6 is 21.0 Å². The van der Waals surface area contributed by atoms with E-state index in [1.54, 1.807) is 12.3 Å². The zero-order valence-electron chi connectivity index (χ0n) is 21.0. The van der Waals surface area contributed by atoms with E-state index in [1.165, 1.54) is 44.8 Å². The van der Waals surface area contributed by atoms with Gasteiger partial charge >= 0.3 is 0 Å². The van der Waals surface area contributed by atoms with E-state index in [9.17, 15) is 17.2 Å². The standard InChI is InChI=1S/C28H28F2IN3O3S/c1-17-4-3-5-18(7-6-17)23-15-31-33-25-10-8-19(12-22(23)25)20-13-26(28(37-2)32-16-20)34-38(35,36)27-11-9-21(29)14-24(27)30/h8-18,34H,3-7H2,1-2H3. The van der Waals surface area contributed by atoms with Gasteiger partial charge in [0.2, 0.25) is 5.88 Å². The lowest BCUT2D eigenvalue weighted by atomic mass is 9.86. The molecule has 2 unspecified atom stereocenters. The lowest BCUT2D eigenvalue weighted by Gasteiger charge is -2.22. The quantitative estimate of drug-likeness (QED) is 0.215. The second kappa shape index (κ2) is 11.2. The minimum Gasteiger partial charge on any atom is -0.480 e. The molecule has 1 aliphatic heterocycles. The molecule has 2 aromatic carbocycles. The number of hydrogen-bond donors (Lipinski definition) is 1. The zero-order valence-corrected chi connectivity index (χ0v) is 24.0. The minimum atomic E-state index is -4.37. The van der Waals surface area contributed by atoms with Crippen LogP contribution in [0.2, 0.25) is 0 Å². The highest BCUT2D eigenvalue weighted by Gasteiger charge is 2.25. The minimum absolute atomic E-state index is 0.0331. The number of fused-ring (bicyclic) bond motifs is 1. The van der Waals surface area contributed by atoms with Crippen molar-refractivity contribution in [3.8, 4) is 17.0 Å². The molecule has 2 heterocycles. The van der Waals surface area contributed by atoms with Gasteiger partial charge in [-0.05, 0) is 70.2 Å². The molecule has 0 radical (unpaired) electrons.